The highest BCUT2D eigenvalue weighted by Gasteiger charge is 2.12. The molecule has 0 saturated heterocycles. The van der Waals surface area contributed by atoms with Gasteiger partial charge in [0, 0.05) is 29.7 Å². The van der Waals surface area contributed by atoms with Crippen LogP contribution in [0.1, 0.15) is 26.7 Å². The van der Waals surface area contributed by atoms with Crippen LogP contribution in [0.2, 0.25) is 0 Å². The molecule has 0 atom stereocenters. The van der Waals surface area contributed by atoms with Crippen molar-refractivity contribution in [1.82, 2.24) is 4.98 Å². The van der Waals surface area contributed by atoms with Crippen LogP contribution in [-0.2, 0) is 0 Å². The van der Waals surface area contributed by atoms with Crippen LogP contribution in [0.15, 0.2) is 48.5 Å². The van der Waals surface area contributed by atoms with Gasteiger partial charge in [-0.3, -0.25) is 0 Å². The summed E-state index contributed by atoms with van der Waals surface area (Å²) in [4.78, 5) is 5.88. The van der Waals surface area contributed by atoms with Crippen LogP contribution in [0.4, 0.5) is 11.4 Å². The molecule has 0 fully saturated rings. The summed E-state index contributed by atoms with van der Waals surface area (Å²) >= 11 is 0. The summed E-state index contributed by atoms with van der Waals surface area (Å²) in [5.74, 6) is 0. The Balaban J connectivity index is 2.03. The average Bonchev–Trinajstić information content (AvgIpc) is 2.97. The molecule has 23 heavy (non-hydrogen) atoms. The van der Waals surface area contributed by atoms with Crippen LogP contribution >= 0.6 is 0 Å². The number of aromatic amines is 1. The maximum atomic E-state index is 6.33. The first-order valence-electron chi connectivity index (χ1n) is 8.45. The molecule has 0 saturated carbocycles. The molecule has 0 radical (unpaired) electrons. The Morgan fingerprint density at radius 2 is 1.65 bits per heavy atom. The molecule has 120 valence electrons. The maximum absolute atomic E-state index is 6.33. The van der Waals surface area contributed by atoms with Crippen LogP contribution in [-0.4, -0.2) is 18.1 Å². The van der Waals surface area contributed by atoms with Crippen LogP contribution in [0.25, 0.3) is 22.2 Å². The molecule has 3 aromatic rings. The van der Waals surface area contributed by atoms with Gasteiger partial charge < -0.3 is 15.6 Å². The number of nitrogens with zero attached hydrogens (tertiary/aromatic N) is 1. The second-order valence-corrected chi connectivity index (χ2v) is 6.03. The van der Waals surface area contributed by atoms with Crippen molar-refractivity contribution >= 4 is 22.3 Å². The van der Waals surface area contributed by atoms with Crippen molar-refractivity contribution in [3.63, 3.8) is 0 Å². The normalized spacial score (nSPS) is 11.0. The Hall–Kier alpha value is -2.42. The first-order valence-corrected chi connectivity index (χ1v) is 8.45. The highest BCUT2D eigenvalue weighted by molar-refractivity contribution is 5.93. The van der Waals surface area contributed by atoms with E-state index < -0.39 is 0 Å². The molecule has 1 aromatic heterocycles. The van der Waals surface area contributed by atoms with Gasteiger partial charge in [-0.25, -0.2) is 0 Å². The number of rotatable bonds is 6. The van der Waals surface area contributed by atoms with Crippen molar-refractivity contribution < 1.29 is 0 Å². The minimum Gasteiger partial charge on any atom is -0.397 e. The average molecular weight is 307 g/mol. The number of nitrogen functional groups attached to an aromatic ring is 1. The van der Waals surface area contributed by atoms with Gasteiger partial charge in [-0.05, 0) is 36.6 Å². The van der Waals surface area contributed by atoms with Crippen LogP contribution in [0.3, 0.4) is 0 Å². The molecular formula is C20H25N3. The Morgan fingerprint density at radius 3 is 2.30 bits per heavy atom. The minimum atomic E-state index is 0.848. The first kappa shape index (κ1) is 15.5. The standard InChI is InChI=1S/C20H25N3/c1-3-10-23(11-4-2)20-13-16-12-18(15-8-6-5-7-9-15)22-19(16)14-17(20)21/h5-9,12-14,22H,3-4,10-11,21H2,1-2H3. The monoisotopic (exact) mass is 307 g/mol. The van der Waals surface area contributed by atoms with E-state index in [9.17, 15) is 0 Å². The lowest BCUT2D eigenvalue weighted by Crippen LogP contribution is -2.25. The van der Waals surface area contributed by atoms with E-state index in [-0.39, 0.29) is 0 Å². The van der Waals surface area contributed by atoms with Gasteiger partial charge in [0.2, 0.25) is 0 Å². The Morgan fingerprint density at radius 1 is 0.957 bits per heavy atom. The molecule has 3 heteroatoms. The molecule has 3 rings (SSSR count). The van der Waals surface area contributed by atoms with Crippen molar-refractivity contribution in [2.75, 3.05) is 23.7 Å². The number of fused-ring (bicyclic) bond motifs is 1. The van der Waals surface area contributed by atoms with E-state index in [0.717, 1.165) is 48.5 Å². The van der Waals surface area contributed by atoms with Crippen LogP contribution < -0.4 is 10.6 Å². The van der Waals surface area contributed by atoms with Gasteiger partial charge in [0.05, 0.1) is 11.4 Å². The lowest BCUT2D eigenvalue weighted by atomic mass is 10.1. The second kappa shape index (κ2) is 6.78. The van der Waals surface area contributed by atoms with Crippen LogP contribution in [0.5, 0.6) is 0 Å². The van der Waals surface area contributed by atoms with E-state index in [1.807, 2.05) is 6.07 Å². The SMILES string of the molecule is CCCN(CCC)c1cc2cc(-c3ccccc3)[nH]c2cc1N. The smallest absolute Gasteiger partial charge is 0.0607 e. The number of H-pyrrole nitrogens is 1. The number of hydrogen-bond donors (Lipinski definition) is 2. The highest BCUT2D eigenvalue weighted by Crippen LogP contribution is 2.32. The minimum absolute atomic E-state index is 0.848. The van der Waals surface area contributed by atoms with Gasteiger partial charge in [-0.15, -0.1) is 0 Å². The maximum Gasteiger partial charge on any atom is 0.0607 e. The van der Waals surface area contributed by atoms with Gasteiger partial charge in [0.25, 0.3) is 0 Å². The summed E-state index contributed by atoms with van der Waals surface area (Å²) in [6.07, 6.45) is 2.25. The molecule has 1 heterocycles. The lowest BCUT2D eigenvalue weighted by Gasteiger charge is -2.25. The molecule has 0 spiro atoms. The van der Waals surface area contributed by atoms with Gasteiger partial charge in [-0.1, -0.05) is 44.2 Å². The summed E-state index contributed by atoms with van der Waals surface area (Å²) in [5.41, 5.74) is 11.8. The van der Waals surface area contributed by atoms with E-state index in [1.54, 1.807) is 0 Å². The largest absolute Gasteiger partial charge is 0.397 e. The molecule has 0 aliphatic rings. The Kier molecular flexibility index (Phi) is 4.56. The van der Waals surface area contributed by atoms with Crippen molar-refractivity contribution in [3.05, 3.63) is 48.5 Å². The quantitative estimate of drug-likeness (QED) is 0.626. The number of aromatic nitrogens is 1. The summed E-state index contributed by atoms with van der Waals surface area (Å²) in [6.45, 7) is 6.50. The zero-order valence-corrected chi connectivity index (χ0v) is 14.0. The molecule has 0 unspecified atom stereocenters. The molecule has 2 aromatic carbocycles. The Bertz CT molecular complexity index is 768. The number of nitrogens with one attached hydrogen (secondary N) is 1. The molecule has 0 bridgehead atoms. The van der Waals surface area contributed by atoms with E-state index in [0.29, 0.717) is 0 Å². The first-order chi connectivity index (χ1) is 11.2. The third-order valence-electron chi connectivity index (χ3n) is 4.18. The molecular weight excluding hydrogens is 282 g/mol. The van der Waals surface area contributed by atoms with E-state index in [4.69, 9.17) is 5.73 Å². The van der Waals surface area contributed by atoms with Gasteiger partial charge >= 0.3 is 0 Å². The highest BCUT2D eigenvalue weighted by atomic mass is 15.1. The summed E-state index contributed by atoms with van der Waals surface area (Å²) in [6, 6.07) is 16.9. The lowest BCUT2D eigenvalue weighted by molar-refractivity contribution is 0.746. The van der Waals surface area contributed by atoms with Crippen molar-refractivity contribution in [2.45, 2.75) is 26.7 Å². The zero-order chi connectivity index (χ0) is 16.2. The predicted molar refractivity (Wildman–Crippen MR) is 101 cm³/mol. The van der Waals surface area contributed by atoms with Gasteiger partial charge in [0.1, 0.15) is 0 Å². The number of nitrogens with two attached hydrogens (primary N) is 1. The Labute approximate surface area is 138 Å². The summed E-state index contributed by atoms with van der Waals surface area (Å²) < 4.78 is 0. The van der Waals surface area contributed by atoms with Crippen LogP contribution in [0, 0.1) is 0 Å². The van der Waals surface area contributed by atoms with E-state index in [1.165, 1.54) is 10.9 Å². The fraction of sp³-hybridized carbons (Fsp3) is 0.300. The fourth-order valence-electron chi connectivity index (χ4n) is 3.13. The molecule has 3 N–H and O–H groups in total. The molecule has 0 aliphatic carbocycles. The number of anilines is 2. The molecule has 3 nitrogen and oxygen atoms in total. The number of benzene rings is 2. The summed E-state index contributed by atoms with van der Waals surface area (Å²) in [5, 5.41) is 1.21. The van der Waals surface area contributed by atoms with Crippen molar-refractivity contribution in [1.29, 1.82) is 0 Å². The molecule has 0 aliphatic heterocycles. The van der Waals surface area contributed by atoms with E-state index >= 15 is 0 Å². The zero-order valence-electron chi connectivity index (χ0n) is 14.0. The van der Waals surface area contributed by atoms with Gasteiger partial charge in [0.15, 0.2) is 0 Å². The second-order valence-electron chi connectivity index (χ2n) is 6.03. The predicted octanol–water partition coefficient (Wildman–Crippen LogP) is 5.04. The fourth-order valence-corrected chi connectivity index (χ4v) is 3.13. The van der Waals surface area contributed by atoms with E-state index in [2.05, 4.69) is 66.2 Å². The van der Waals surface area contributed by atoms with Crippen molar-refractivity contribution in [2.24, 2.45) is 0 Å². The third-order valence-corrected chi connectivity index (χ3v) is 4.18. The third kappa shape index (κ3) is 3.19. The topological polar surface area (TPSA) is 45.0 Å². The summed E-state index contributed by atoms with van der Waals surface area (Å²) in [7, 11) is 0. The van der Waals surface area contributed by atoms with Gasteiger partial charge in [-0.2, -0.15) is 0 Å². The van der Waals surface area contributed by atoms with Crippen molar-refractivity contribution in [3.8, 4) is 11.3 Å². The molecule has 0 amide bonds. The number of hydrogen-bond acceptors (Lipinski definition) is 2.